The number of hydrogen-bond donors (Lipinski definition) is 0. The fourth-order valence-electron chi connectivity index (χ4n) is 0.635. The zero-order chi connectivity index (χ0) is 6.53. The van der Waals surface area contributed by atoms with Crippen molar-refractivity contribution in [3.05, 3.63) is 30.3 Å². The summed E-state index contributed by atoms with van der Waals surface area (Å²) in [4.78, 5) is 0. The average Bonchev–Trinajstić information content (AvgIpc) is 1.91. The molecule has 0 saturated heterocycles. The quantitative estimate of drug-likeness (QED) is 0.770. The first-order valence-corrected chi connectivity index (χ1v) is 7.57. The molecule has 0 aliphatic rings. The van der Waals surface area contributed by atoms with Crippen LogP contribution in [-0.4, -0.2) is 23.3 Å². The first kappa shape index (κ1) is 9.82. The van der Waals surface area contributed by atoms with E-state index >= 15 is 0 Å². The van der Waals surface area contributed by atoms with Gasteiger partial charge in [0.05, 0.1) is 0 Å². The molecule has 3 heteroatoms. The molecule has 0 saturated carbocycles. The van der Waals surface area contributed by atoms with Gasteiger partial charge in [0.15, 0.2) is 0 Å². The molecule has 1 rings (SSSR count). The molecule has 0 amide bonds. The van der Waals surface area contributed by atoms with Crippen LogP contribution in [0.25, 0.3) is 0 Å². The average molecular weight is 243 g/mol. The molecule has 0 spiro atoms. The van der Waals surface area contributed by atoms with Crippen LogP contribution in [0.3, 0.4) is 0 Å². The Balaban J connectivity index is 0.000000810. The van der Waals surface area contributed by atoms with Gasteiger partial charge in [-0.3, -0.25) is 4.70 Å². The molecular formula is C7H9FInO. The van der Waals surface area contributed by atoms with Gasteiger partial charge in [0.25, 0.3) is 0 Å². The van der Waals surface area contributed by atoms with Gasteiger partial charge in [-0.2, -0.15) is 0 Å². The molecule has 10 heavy (non-hydrogen) atoms. The molecule has 0 aromatic heterocycles. The number of para-hydroxylation sites is 1. The van der Waals surface area contributed by atoms with Crippen molar-refractivity contribution in [1.29, 1.82) is 0 Å². The van der Waals surface area contributed by atoms with Crippen molar-refractivity contribution in [1.82, 2.24) is 0 Å². The molecule has 1 nitrogen and oxygen atoms in total. The number of benzene rings is 1. The second-order valence-corrected chi connectivity index (χ2v) is 3.68. The normalized spacial score (nSPS) is 7.70. The summed E-state index contributed by atoms with van der Waals surface area (Å²) < 4.78 is 7.56. The molecule has 0 atom stereocenters. The summed E-state index contributed by atoms with van der Waals surface area (Å²) in [5.41, 5.74) is 0. The van der Waals surface area contributed by atoms with Gasteiger partial charge < -0.3 is 0 Å². The Morgan fingerprint density at radius 1 is 1.20 bits per heavy atom. The van der Waals surface area contributed by atoms with Crippen molar-refractivity contribution in [2.24, 2.45) is 0 Å². The van der Waals surface area contributed by atoms with Crippen molar-refractivity contribution in [3.63, 3.8) is 0 Å². The fraction of sp³-hybridized carbons (Fsp3) is 0.143. The number of halogens is 1. The second kappa shape index (κ2) is 5.59. The Morgan fingerprint density at radius 2 is 1.80 bits per heavy atom. The summed E-state index contributed by atoms with van der Waals surface area (Å²) in [7, 11) is 0. The standard InChI is InChI=1S/C6H6O.CH3.FH.In/c7-6-4-2-1-3-5-6;;;/h1-5,7H;1H3;1H;/q;;;+1/p-1. The van der Waals surface area contributed by atoms with Crippen LogP contribution in [0.5, 0.6) is 5.75 Å². The van der Waals surface area contributed by atoms with Crippen LogP contribution in [0.1, 0.15) is 0 Å². The topological polar surface area (TPSA) is 9.23 Å². The van der Waals surface area contributed by atoms with Gasteiger partial charge in [0.1, 0.15) is 0 Å². The summed E-state index contributed by atoms with van der Waals surface area (Å²) in [6, 6.07) is 9.97. The summed E-state index contributed by atoms with van der Waals surface area (Å²) >= 11 is -0.661. The van der Waals surface area contributed by atoms with E-state index in [9.17, 15) is 0 Å². The molecule has 0 N–H and O–H groups in total. The van der Waals surface area contributed by atoms with E-state index in [1.807, 2.05) is 30.3 Å². The van der Waals surface area contributed by atoms with E-state index in [-0.39, 0.29) is 4.70 Å². The monoisotopic (exact) mass is 243 g/mol. The molecular weight excluding hydrogens is 234 g/mol. The minimum absolute atomic E-state index is 0. The van der Waals surface area contributed by atoms with Crippen LogP contribution >= 0.6 is 0 Å². The molecule has 0 unspecified atom stereocenters. The van der Waals surface area contributed by atoms with Gasteiger partial charge in [0, 0.05) is 0 Å². The van der Waals surface area contributed by atoms with Gasteiger partial charge >= 0.3 is 67.0 Å². The van der Waals surface area contributed by atoms with E-state index in [4.69, 9.17) is 2.85 Å². The third-order valence-corrected chi connectivity index (χ3v) is 2.45. The number of hydrogen-bond acceptors (Lipinski definition) is 1. The zero-order valence-corrected chi connectivity index (χ0v) is 9.08. The van der Waals surface area contributed by atoms with Crippen LogP contribution < -0.4 is 2.85 Å². The van der Waals surface area contributed by atoms with E-state index in [1.165, 1.54) is 0 Å². The molecule has 1 aromatic carbocycles. The van der Waals surface area contributed by atoms with E-state index in [0.717, 1.165) is 5.75 Å². The summed E-state index contributed by atoms with van der Waals surface area (Å²) in [5.74, 6) is 1.03. The summed E-state index contributed by atoms with van der Waals surface area (Å²) in [6.07, 6.45) is 0. The van der Waals surface area contributed by atoms with Gasteiger partial charge in [-0.1, -0.05) is 0 Å². The van der Waals surface area contributed by atoms with Crippen LogP contribution in [0.4, 0.5) is 4.70 Å². The predicted molar refractivity (Wildman–Crippen MR) is 41.2 cm³/mol. The second-order valence-electron chi connectivity index (χ2n) is 1.67. The molecule has 0 aliphatic heterocycles. The Bertz CT molecular complexity index is 167. The molecule has 0 aliphatic carbocycles. The van der Waals surface area contributed by atoms with Crippen LogP contribution in [0, 0.1) is 0 Å². The third kappa shape index (κ3) is 3.11. The van der Waals surface area contributed by atoms with Crippen molar-refractivity contribution in [2.45, 2.75) is 4.68 Å². The van der Waals surface area contributed by atoms with Crippen molar-refractivity contribution in [3.8, 4) is 5.75 Å². The van der Waals surface area contributed by atoms with Gasteiger partial charge in [-0.15, -0.1) is 0 Å². The molecule has 0 heterocycles. The SMILES string of the molecule is F.[CH3][In][O]c1ccccc1. The molecule has 1 aromatic rings. The third-order valence-electron chi connectivity index (χ3n) is 0.997. The van der Waals surface area contributed by atoms with Crippen molar-refractivity contribution >= 4 is 23.3 Å². The fourth-order valence-corrected chi connectivity index (χ4v) is 1.86. The first-order valence-electron chi connectivity index (χ1n) is 2.93. The molecule has 53 valence electrons. The van der Waals surface area contributed by atoms with E-state index in [2.05, 4.69) is 4.68 Å². The van der Waals surface area contributed by atoms with Crippen LogP contribution in [0.2, 0.25) is 4.68 Å². The van der Waals surface area contributed by atoms with Crippen molar-refractivity contribution in [2.75, 3.05) is 0 Å². The van der Waals surface area contributed by atoms with Crippen LogP contribution in [0.15, 0.2) is 30.3 Å². The van der Waals surface area contributed by atoms with Gasteiger partial charge in [-0.05, 0) is 0 Å². The minimum atomic E-state index is -0.661. The summed E-state index contributed by atoms with van der Waals surface area (Å²) in [5, 5.41) is 0. The molecule has 1 radical (unpaired) electrons. The van der Waals surface area contributed by atoms with E-state index in [0.29, 0.717) is 0 Å². The maximum atomic E-state index is 5.40. The maximum absolute atomic E-state index is 5.40. The Hall–Kier alpha value is -0.180. The molecule has 0 fully saturated rings. The van der Waals surface area contributed by atoms with Crippen LogP contribution in [-0.2, 0) is 0 Å². The Labute approximate surface area is 71.7 Å². The van der Waals surface area contributed by atoms with Gasteiger partial charge in [-0.25, -0.2) is 0 Å². The van der Waals surface area contributed by atoms with E-state index < -0.39 is 23.3 Å². The van der Waals surface area contributed by atoms with E-state index in [1.54, 1.807) is 0 Å². The Kier molecular flexibility index (Phi) is 5.49. The predicted octanol–water partition coefficient (Wildman–Crippen LogP) is 1.89. The summed E-state index contributed by atoms with van der Waals surface area (Å²) in [6.45, 7) is 0. The van der Waals surface area contributed by atoms with Crippen molar-refractivity contribution < 1.29 is 7.56 Å². The Morgan fingerprint density at radius 3 is 2.30 bits per heavy atom. The number of rotatable bonds is 2. The molecule has 0 bridgehead atoms. The first-order chi connectivity index (χ1) is 4.43. The zero-order valence-electron chi connectivity index (χ0n) is 5.78. The van der Waals surface area contributed by atoms with Gasteiger partial charge in [0.2, 0.25) is 0 Å².